The van der Waals surface area contributed by atoms with Gasteiger partial charge in [0.05, 0.1) is 0 Å². The van der Waals surface area contributed by atoms with E-state index in [1.54, 1.807) is 48.5 Å². The molecule has 2 N–H and O–H groups in total. The molecule has 0 bridgehead atoms. The predicted molar refractivity (Wildman–Crippen MR) is 103 cm³/mol. The molecule has 0 unspecified atom stereocenters. The Kier molecular flexibility index (Phi) is 5.94. The Morgan fingerprint density at radius 2 is 1.44 bits per heavy atom. The summed E-state index contributed by atoms with van der Waals surface area (Å²) in [5.41, 5.74) is 2.00. The minimum absolute atomic E-state index is 0.286. The van der Waals surface area contributed by atoms with Crippen molar-refractivity contribution >= 4 is 17.5 Å². The molecule has 136 valence electrons. The fraction of sp³-hybridized carbons (Fsp3) is 0.0909. The normalized spacial score (nSPS) is 10.3. The smallest absolute Gasteiger partial charge is 0.255 e. The number of rotatable bonds is 6. The third kappa shape index (κ3) is 5.01. The summed E-state index contributed by atoms with van der Waals surface area (Å²) in [5.74, 6) is -0.880. The minimum Gasteiger partial charge on any atom is -0.352 e. The second kappa shape index (κ2) is 8.76. The summed E-state index contributed by atoms with van der Waals surface area (Å²) in [6.45, 7) is 0.306. The summed E-state index contributed by atoms with van der Waals surface area (Å²) in [4.78, 5) is 24.7. The van der Waals surface area contributed by atoms with Crippen LogP contribution < -0.4 is 10.6 Å². The maximum atomic E-state index is 13.6. The SMILES string of the molecule is O=C(NCCc1ccccc1F)c1cccc(C(=O)Nc2ccccc2)c1. The third-order valence-electron chi connectivity index (χ3n) is 4.06. The molecule has 3 rings (SSSR count). The van der Waals surface area contributed by atoms with E-state index in [9.17, 15) is 14.0 Å². The standard InChI is InChI=1S/C22H19FN2O2/c23-20-12-5-4-7-16(20)13-14-24-21(26)17-8-6-9-18(15-17)22(27)25-19-10-2-1-3-11-19/h1-12,15H,13-14H2,(H,24,26)(H,25,27). The van der Waals surface area contributed by atoms with Gasteiger partial charge < -0.3 is 10.6 Å². The van der Waals surface area contributed by atoms with Crippen molar-refractivity contribution in [2.45, 2.75) is 6.42 Å². The predicted octanol–water partition coefficient (Wildman–Crippen LogP) is 4.05. The summed E-state index contributed by atoms with van der Waals surface area (Å²) in [6, 6.07) is 22.1. The zero-order valence-corrected chi connectivity index (χ0v) is 14.6. The third-order valence-corrected chi connectivity index (χ3v) is 4.06. The van der Waals surface area contributed by atoms with Crippen molar-refractivity contribution in [3.8, 4) is 0 Å². The highest BCUT2D eigenvalue weighted by Crippen LogP contribution is 2.11. The van der Waals surface area contributed by atoms with Gasteiger partial charge >= 0.3 is 0 Å². The van der Waals surface area contributed by atoms with Crippen LogP contribution in [0.2, 0.25) is 0 Å². The Bertz CT molecular complexity index is 942. The average molecular weight is 362 g/mol. The lowest BCUT2D eigenvalue weighted by atomic mass is 10.1. The number of anilines is 1. The first-order valence-corrected chi connectivity index (χ1v) is 8.61. The molecule has 0 spiro atoms. The molecule has 0 aromatic heterocycles. The Hall–Kier alpha value is -3.47. The number of halogens is 1. The van der Waals surface area contributed by atoms with Crippen LogP contribution >= 0.6 is 0 Å². The van der Waals surface area contributed by atoms with Crippen LogP contribution in [0.5, 0.6) is 0 Å². The topological polar surface area (TPSA) is 58.2 Å². The zero-order valence-electron chi connectivity index (χ0n) is 14.6. The van der Waals surface area contributed by atoms with E-state index in [0.717, 1.165) is 0 Å². The molecule has 3 aromatic carbocycles. The molecular weight excluding hydrogens is 343 g/mol. The highest BCUT2D eigenvalue weighted by Gasteiger charge is 2.11. The number of hydrogen-bond donors (Lipinski definition) is 2. The van der Waals surface area contributed by atoms with E-state index >= 15 is 0 Å². The van der Waals surface area contributed by atoms with Crippen LogP contribution in [0, 0.1) is 5.82 Å². The van der Waals surface area contributed by atoms with E-state index in [1.165, 1.54) is 12.1 Å². The second-order valence-electron chi connectivity index (χ2n) is 6.00. The minimum atomic E-state index is -0.305. The van der Waals surface area contributed by atoms with Crippen molar-refractivity contribution in [1.29, 1.82) is 0 Å². The zero-order chi connectivity index (χ0) is 19.1. The average Bonchev–Trinajstić information content (AvgIpc) is 2.70. The lowest BCUT2D eigenvalue weighted by Gasteiger charge is -2.08. The molecule has 0 aliphatic carbocycles. The summed E-state index contributed by atoms with van der Waals surface area (Å²) in [7, 11) is 0. The van der Waals surface area contributed by atoms with Crippen LogP contribution in [0.3, 0.4) is 0 Å². The van der Waals surface area contributed by atoms with Gasteiger partial charge in [0.1, 0.15) is 5.82 Å². The second-order valence-corrected chi connectivity index (χ2v) is 6.00. The Morgan fingerprint density at radius 3 is 2.19 bits per heavy atom. The number of hydrogen-bond acceptors (Lipinski definition) is 2. The molecule has 27 heavy (non-hydrogen) atoms. The van der Waals surface area contributed by atoms with Crippen LogP contribution in [-0.4, -0.2) is 18.4 Å². The first-order valence-electron chi connectivity index (χ1n) is 8.61. The molecule has 0 radical (unpaired) electrons. The van der Waals surface area contributed by atoms with Gasteiger partial charge in [0.15, 0.2) is 0 Å². The summed E-state index contributed by atoms with van der Waals surface area (Å²) in [5, 5.41) is 5.54. The highest BCUT2D eigenvalue weighted by atomic mass is 19.1. The monoisotopic (exact) mass is 362 g/mol. The maximum Gasteiger partial charge on any atom is 0.255 e. The largest absolute Gasteiger partial charge is 0.352 e. The number of carbonyl (C=O) groups excluding carboxylic acids is 2. The van der Waals surface area contributed by atoms with Gasteiger partial charge in [-0.1, -0.05) is 42.5 Å². The molecule has 0 atom stereocenters. The lowest BCUT2D eigenvalue weighted by molar-refractivity contribution is 0.0954. The molecule has 2 amide bonds. The molecule has 0 fully saturated rings. The number of nitrogens with one attached hydrogen (secondary N) is 2. The Morgan fingerprint density at radius 1 is 0.778 bits per heavy atom. The molecule has 0 aliphatic heterocycles. The van der Waals surface area contributed by atoms with Crippen LogP contribution in [0.25, 0.3) is 0 Å². The van der Waals surface area contributed by atoms with Gasteiger partial charge in [-0.15, -0.1) is 0 Å². The van der Waals surface area contributed by atoms with Crippen molar-refractivity contribution in [3.63, 3.8) is 0 Å². The van der Waals surface area contributed by atoms with Crippen LogP contribution in [0.15, 0.2) is 78.9 Å². The summed E-state index contributed by atoms with van der Waals surface area (Å²) >= 11 is 0. The summed E-state index contributed by atoms with van der Waals surface area (Å²) in [6.07, 6.45) is 0.395. The van der Waals surface area contributed by atoms with Crippen molar-refractivity contribution in [1.82, 2.24) is 5.32 Å². The van der Waals surface area contributed by atoms with Gasteiger partial charge in [-0.2, -0.15) is 0 Å². The maximum absolute atomic E-state index is 13.6. The molecule has 3 aromatic rings. The van der Waals surface area contributed by atoms with Gasteiger partial charge in [-0.05, 0) is 48.4 Å². The number of carbonyl (C=O) groups is 2. The van der Waals surface area contributed by atoms with Gasteiger partial charge in [-0.3, -0.25) is 9.59 Å². The van der Waals surface area contributed by atoms with Crippen molar-refractivity contribution in [2.24, 2.45) is 0 Å². The fourth-order valence-corrected chi connectivity index (χ4v) is 2.64. The lowest BCUT2D eigenvalue weighted by Crippen LogP contribution is -2.26. The van der Waals surface area contributed by atoms with Crippen molar-refractivity contribution < 1.29 is 14.0 Å². The molecule has 5 heteroatoms. The molecule has 0 aliphatic rings. The first-order chi connectivity index (χ1) is 13.1. The number of benzene rings is 3. The first kappa shape index (κ1) is 18.3. The van der Waals surface area contributed by atoms with Gasteiger partial charge in [-0.25, -0.2) is 4.39 Å². The molecule has 0 heterocycles. The van der Waals surface area contributed by atoms with E-state index in [-0.39, 0.29) is 17.6 Å². The highest BCUT2D eigenvalue weighted by molar-refractivity contribution is 6.06. The van der Waals surface area contributed by atoms with Crippen LogP contribution in [0.4, 0.5) is 10.1 Å². The molecule has 4 nitrogen and oxygen atoms in total. The molecule has 0 saturated carbocycles. The Balaban J connectivity index is 1.60. The Labute approximate surface area is 157 Å². The van der Waals surface area contributed by atoms with E-state index in [4.69, 9.17) is 0 Å². The van der Waals surface area contributed by atoms with Gasteiger partial charge in [0.25, 0.3) is 11.8 Å². The van der Waals surface area contributed by atoms with E-state index in [1.807, 2.05) is 18.2 Å². The van der Waals surface area contributed by atoms with Crippen LogP contribution in [-0.2, 0) is 6.42 Å². The van der Waals surface area contributed by atoms with E-state index in [0.29, 0.717) is 35.3 Å². The van der Waals surface area contributed by atoms with Crippen molar-refractivity contribution in [3.05, 3.63) is 101 Å². The van der Waals surface area contributed by atoms with Gasteiger partial charge in [0, 0.05) is 23.4 Å². The van der Waals surface area contributed by atoms with Crippen molar-refractivity contribution in [2.75, 3.05) is 11.9 Å². The van der Waals surface area contributed by atoms with E-state index in [2.05, 4.69) is 10.6 Å². The molecule has 0 saturated heterocycles. The molecular formula is C22H19FN2O2. The van der Waals surface area contributed by atoms with Crippen LogP contribution in [0.1, 0.15) is 26.3 Å². The number of para-hydroxylation sites is 1. The summed E-state index contributed by atoms with van der Waals surface area (Å²) < 4.78 is 13.6. The van der Waals surface area contributed by atoms with E-state index < -0.39 is 0 Å². The van der Waals surface area contributed by atoms with Gasteiger partial charge in [0.2, 0.25) is 0 Å². The number of amides is 2. The quantitative estimate of drug-likeness (QED) is 0.695. The fourth-order valence-electron chi connectivity index (χ4n) is 2.64.